The number of fused-ring (bicyclic) bond motifs is 1. The smallest absolute Gasteiger partial charge is 0.417 e. The Balaban J connectivity index is 1.53. The Morgan fingerprint density at radius 2 is 1.35 bits per heavy atom. The maximum absolute atomic E-state index is 7.15. The number of para-hydroxylation sites is 1. The molecule has 1 spiro atoms. The SMILES string of the molecule is Cc1cc2c3c(c1)C(C)(C)CC31CC(C)(C)c3cc(C)cc(c31)OP(N1c3ccccc3CC[C@@H]1C)O2. The molecular formula is C33H38NO2P. The van der Waals surface area contributed by atoms with Crippen molar-refractivity contribution in [1.82, 2.24) is 0 Å². The summed E-state index contributed by atoms with van der Waals surface area (Å²) in [5, 5.41) is 0. The average molecular weight is 512 g/mol. The van der Waals surface area contributed by atoms with E-state index in [1.165, 1.54) is 44.6 Å². The minimum atomic E-state index is -1.40. The van der Waals surface area contributed by atoms with E-state index in [0.717, 1.165) is 37.2 Å². The fourth-order valence-electron chi connectivity index (χ4n) is 8.14. The first kappa shape index (κ1) is 23.6. The molecule has 0 unspecified atom stereocenters. The third-order valence-corrected chi connectivity index (χ3v) is 11.1. The zero-order chi connectivity index (χ0) is 25.9. The number of nitrogens with zero attached hydrogens (tertiary/aromatic N) is 1. The molecule has 0 saturated carbocycles. The van der Waals surface area contributed by atoms with Gasteiger partial charge in [0, 0.05) is 28.3 Å². The molecule has 3 aromatic rings. The lowest BCUT2D eigenvalue weighted by Crippen LogP contribution is -2.36. The molecule has 0 N–H and O–H groups in total. The highest BCUT2D eigenvalue weighted by atomic mass is 31.2. The predicted octanol–water partition coefficient (Wildman–Crippen LogP) is 8.79. The number of rotatable bonds is 1. The molecular weight excluding hydrogens is 473 g/mol. The summed E-state index contributed by atoms with van der Waals surface area (Å²) in [6.45, 7) is 16.4. The first-order chi connectivity index (χ1) is 17.5. The summed E-state index contributed by atoms with van der Waals surface area (Å²) < 4.78 is 16.8. The molecule has 2 aliphatic heterocycles. The van der Waals surface area contributed by atoms with Gasteiger partial charge in [0.1, 0.15) is 11.5 Å². The van der Waals surface area contributed by atoms with E-state index >= 15 is 0 Å². The monoisotopic (exact) mass is 511 g/mol. The van der Waals surface area contributed by atoms with Crippen LogP contribution in [0.4, 0.5) is 5.69 Å². The highest BCUT2D eigenvalue weighted by Gasteiger charge is 2.60. The Labute approximate surface area is 223 Å². The largest absolute Gasteiger partial charge is 0.422 e. The van der Waals surface area contributed by atoms with Crippen molar-refractivity contribution < 1.29 is 9.05 Å². The molecule has 7 rings (SSSR count). The van der Waals surface area contributed by atoms with Crippen molar-refractivity contribution in [2.45, 2.75) is 96.4 Å². The van der Waals surface area contributed by atoms with Crippen LogP contribution in [0.1, 0.15) is 92.8 Å². The molecule has 4 heteroatoms. The lowest BCUT2D eigenvalue weighted by atomic mass is 9.72. The van der Waals surface area contributed by atoms with E-state index in [-0.39, 0.29) is 16.2 Å². The zero-order valence-corrected chi connectivity index (χ0v) is 24.1. The van der Waals surface area contributed by atoms with Gasteiger partial charge < -0.3 is 9.05 Å². The van der Waals surface area contributed by atoms with Crippen molar-refractivity contribution in [3.63, 3.8) is 0 Å². The molecule has 0 amide bonds. The normalized spacial score (nSPS) is 23.8. The van der Waals surface area contributed by atoms with Crippen LogP contribution in [0.3, 0.4) is 0 Å². The van der Waals surface area contributed by atoms with Crippen molar-refractivity contribution in [2.24, 2.45) is 0 Å². The van der Waals surface area contributed by atoms with Crippen LogP contribution in [0.5, 0.6) is 11.5 Å². The van der Waals surface area contributed by atoms with Gasteiger partial charge in [-0.25, -0.2) is 0 Å². The second-order valence-corrected chi connectivity index (χ2v) is 14.6. The second kappa shape index (κ2) is 7.54. The van der Waals surface area contributed by atoms with E-state index in [1.54, 1.807) is 0 Å². The molecule has 2 aliphatic carbocycles. The number of hydrogen-bond donors (Lipinski definition) is 0. The second-order valence-electron chi connectivity index (χ2n) is 13.4. The summed E-state index contributed by atoms with van der Waals surface area (Å²) in [7, 11) is -1.40. The Hall–Kier alpha value is -2.51. The van der Waals surface area contributed by atoms with Crippen LogP contribution in [0.15, 0.2) is 48.5 Å². The maximum Gasteiger partial charge on any atom is 0.417 e. The van der Waals surface area contributed by atoms with Gasteiger partial charge in [-0.05, 0) is 103 Å². The number of anilines is 1. The van der Waals surface area contributed by atoms with Gasteiger partial charge in [0.05, 0.1) is 0 Å². The molecule has 2 heterocycles. The van der Waals surface area contributed by atoms with E-state index < -0.39 is 8.53 Å². The Kier molecular flexibility index (Phi) is 4.81. The summed E-state index contributed by atoms with van der Waals surface area (Å²) in [4.78, 5) is 0. The fourth-order valence-corrected chi connectivity index (χ4v) is 9.79. The fraction of sp³-hybridized carbons (Fsp3) is 0.455. The van der Waals surface area contributed by atoms with E-state index in [4.69, 9.17) is 9.05 Å². The molecule has 1 atom stereocenters. The van der Waals surface area contributed by atoms with Gasteiger partial charge in [-0.15, -0.1) is 0 Å². The van der Waals surface area contributed by atoms with E-state index in [1.807, 2.05) is 0 Å². The number of hydrogen-bond acceptors (Lipinski definition) is 3. The molecule has 4 aliphatic rings. The first-order valence-electron chi connectivity index (χ1n) is 13.8. The Bertz CT molecular complexity index is 1380. The quantitative estimate of drug-likeness (QED) is 0.305. The number of aryl methyl sites for hydroxylation is 3. The van der Waals surface area contributed by atoms with Crippen molar-refractivity contribution in [2.75, 3.05) is 4.67 Å². The molecule has 3 aromatic carbocycles. The summed E-state index contributed by atoms with van der Waals surface area (Å²) in [6, 6.07) is 18.6. The van der Waals surface area contributed by atoms with Gasteiger partial charge in [0.15, 0.2) is 0 Å². The molecule has 3 nitrogen and oxygen atoms in total. The van der Waals surface area contributed by atoms with Crippen molar-refractivity contribution in [3.8, 4) is 11.5 Å². The highest BCUT2D eigenvalue weighted by Crippen LogP contribution is 2.69. The highest BCUT2D eigenvalue weighted by molar-refractivity contribution is 7.50. The van der Waals surface area contributed by atoms with Crippen LogP contribution in [0, 0.1) is 13.8 Å². The molecule has 0 radical (unpaired) electrons. The molecule has 0 bridgehead atoms. The first-order valence-corrected chi connectivity index (χ1v) is 15.0. The minimum Gasteiger partial charge on any atom is -0.422 e. The summed E-state index contributed by atoms with van der Waals surface area (Å²) in [5.41, 5.74) is 11.0. The van der Waals surface area contributed by atoms with E-state index in [9.17, 15) is 0 Å². The van der Waals surface area contributed by atoms with Gasteiger partial charge in [0.2, 0.25) is 0 Å². The van der Waals surface area contributed by atoms with E-state index in [0.29, 0.717) is 6.04 Å². The van der Waals surface area contributed by atoms with Crippen LogP contribution in [-0.4, -0.2) is 6.04 Å². The van der Waals surface area contributed by atoms with Gasteiger partial charge in [0.25, 0.3) is 0 Å². The number of benzene rings is 3. The third kappa shape index (κ3) is 3.22. The van der Waals surface area contributed by atoms with Gasteiger partial charge in [-0.3, -0.25) is 4.67 Å². The Morgan fingerprint density at radius 3 is 1.92 bits per heavy atom. The minimum absolute atomic E-state index is 0.0669. The van der Waals surface area contributed by atoms with Gasteiger partial charge in [-0.2, -0.15) is 0 Å². The van der Waals surface area contributed by atoms with Crippen LogP contribution in [0.2, 0.25) is 0 Å². The summed E-state index contributed by atoms with van der Waals surface area (Å²) in [5.74, 6) is 2.08. The van der Waals surface area contributed by atoms with Crippen LogP contribution in [0.25, 0.3) is 0 Å². The van der Waals surface area contributed by atoms with Crippen molar-refractivity contribution in [3.05, 3.63) is 87.5 Å². The van der Waals surface area contributed by atoms with Crippen LogP contribution >= 0.6 is 8.53 Å². The molecule has 37 heavy (non-hydrogen) atoms. The predicted molar refractivity (Wildman–Crippen MR) is 153 cm³/mol. The zero-order valence-electron chi connectivity index (χ0n) is 23.2. The standard InChI is InChI=1S/C33H38NO2P/c1-20-14-24-29-27(16-20)35-37(34-22(3)12-13-23-10-8-9-11-26(23)34)36-28-17-21(2)15-25-30(28)33(29,18-31(24,4)5)19-32(25,6)7/h8-11,14-17,22H,12-13,18-19H2,1-7H3/t22-,33?/m0/s1. The molecule has 0 saturated heterocycles. The van der Waals surface area contributed by atoms with Crippen LogP contribution in [-0.2, 0) is 22.7 Å². The molecule has 0 fully saturated rings. The van der Waals surface area contributed by atoms with Crippen LogP contribution < -0.4 is 13.7 Å². The summed E-state index contributed by atoms with van der Waals surface area (Å²) >= 11 is 0. The van der Waals surface area contributed by atoms with Gasteiger partial charge in [-0.1, -0.05) is 58.0 Å². The Morgan fingerprint density at radius 1 is 0.811 bits per heavy atom. The third-order valence-electron chi connectivity index (χ3n) is 9.41. The molecule has 0 aromatic heterocycles. The maximum atomic E-state index is 7.15. The van der Waals surface area contributed by atoms with Gasteiger partial charge >= 0.3 is 8.53 Å². The van der Waals surface area contributed by atoms with Crippen molar-refractivity contribution >= 4 is 14.2 Å². The lowest BCUT2D eigenvalue weighted by molar-refractivity contribution is 0.337. The molecule has 192 valence electrons. The van der Waals surface area contributed by atoms with Crippen molar-refractivity contribution in [1.29, 1.82) is 0 Å². The topological polar surface area (TPSA) is 21.7 Å². The summed E-state index contributed by atoms with van der Waals surface area (Å²) in [6.07, 6.45) is 4.38. The van der Waals surface area contributed by atoms with E-state index in [2.05, 4.69) is 102 Å². The lowest BCUT2D eigenvalue weighted by Gasteiger charge is -2.42. The average Bonchev–Trinajstić information content (AvgIpc) is 3.16.